The number of nitrogens with zero attached hydrogens (tertiary/aromatic N) is 3. The van der Waals surface area contributed by atoms with Gasteiger partial charge >= 0.3 is 0 Å². The summed E-state index contributed by atoms with van der Waals surface area (Å²) >= 11 is 0. The molecule has 0 bridgehead atoms. The number of benzene rings is 2. The standard InChI is InChI=1S/C16H16N4O2/c1-18(11-13-5-3-2-4-6-13)12-19-16-9-15(20(21)22)8-7-14(16)10-17-19/h2-10H,11-12H2,1H3/p+1. The molecule has 3 aromatic rings. The van der Waals surface area contributed by atoms with Gasteiger partial charge in [0.15, 0.2) is 6.67 Å². The lowest BCUT2D eigenvalue weighted by Gasteiger charge is -2.14. The fourth-order valence-corrected chi connectivity index (χ4v) is 2.55. The predicted molar refractivity (Wildman–Crippen MR) is 83.4 cm³/mol. The van der Waals surface area contributed by atoms with Gasteiger partial charge in [-0.3, -0.25) is 10.1 Å². The fourth-order valence-electron chi connectivity index (χ4n) is 2.55. The van der Waals surface area contributed by atoms with E-state index in [1.54, 1.807) is 18.3 Å². The van der Waals surface area contributed by atoms with Gasteiger partial charge in [0.05, 0.1) is 23.7 Å². The summed E-state index contributed by atoms with van der Waals surface area (Å²) < 4.78 is 1.82. The number of nitro benzene ring substituents is 1. The lowest BCUT2D eigenvalue weighted by Crippen LogP contribution is -3.06. The zero-order chi connectivity index (χ0) is 15.5. The van der Waals surface area contributed by atoms with Crippen LogP contribution in [0.5, 0.6) is 0 Å². The second-order valence-electron chi connectivity index (χ2n) is 5.42. The summed E-state index contributed by atoms with van der Waals surface area (Å²) in [5, 5.41) is 16.2. The quantitative estimate of drug-likeness (QED) is 0.575. The van der Waals surface area contributed by atoms with Crippen LogP contribution in [0, 0.1) is 10.1 Å². The molecule has 0 spiro atoms. The first-order valence-electron chi connectivity index (χ1n) is 7.08. The molecule has 2 aromatic carbocycles. The van der Waals surface area contributed by atoms with E-state index in [0.717, 1.165) is 17.4 Å². The molecule has 0 aliphatic carbocycles. The molecule has 112 valence electrons. The van der Waals surface area contributed by atoms with E-state index in [2.05, 4.69) is 24.3 Å². The first-order chi connectivity index (χ1) is 10.6. The summed E-state index contributed by atoms with van der Waals surface area (Å²) in [5.74, 6) is 0. The van der Waals surface area contributed by atoms with Crippen LogP contribution in [0.25, 0.3) is 10.9 Å². The molecule has 6 heteroatoms. The Morgan fingerprint density at radius 1 is 1.23 bits per heavy atom. The lowest BCUT2D eigenvalue weighted by molar-refractivity contribution is -0.917. The van der Waals surface area contributed by atoms with Gasteiger partial charge in [0.2, 0.25) is 0 Å². The largest absolute Gasteiger partial charge is 0.315 e. The first-order valence-corrected chi connectivity index (χ1v) is 7.08. The fraction of sp³-hybridized carbons (Fsp3) is 0.188. The van der Waals surface area contributed by atoms with Gasteiger partial charge in [-0.15, -0.1) is 0 Å². The van der Waals surface area contributed by atoms with E-state index in [1.165, 1.54) is 16.5 Å². The zero-order valence-electron chi connectivity index (χ0n) is 12.3. The molecular formula is C16H17N4O2+. The van der Waals surface area contributed by atoms with Gasteiger partial charge in [-0.1, -0.05) is 30.3 Å². The predicted octanol–water partition coefficient (Wildman–Crippen LogP) is 1.62. The summed E-state index contributed by atoms with van der Waals surface area (Å²) in [4.78, 5) is 11.8. The number of fused-ring (bicyclic) bond motifs is 1. The Kier molecular flexibility index (Phi) is 3.84. The van der Waals surface area contributed by atoms with Crippen LogP contribution < -0.4 is 4.90 Å². The molecular weight excluding hydrogens is 280 g/mol. The molecule has 0 radical (unpaired) electrons. The van der Waals surface area contributed by atoms with Crippen LogP contribution in [0.15, 0.2) is 54.7 Å². The third kappa shape index (κ3) is 2.96. The van der Waals surface area contributed by atoms with Gasteiger partial charge in [-0.05, 0) is 6.07 Å². The van der Waals surface area contributed by atoms with Crippen molar-refractivity contribution in [3.8, 4) is 0 Å². The summed E-state index contributed by atoms with van der Waals surface area (Å²) in [5.41, 5.74) is 2.14. The molecule has 0 saturated carbocycles. The minimum atomic E-state index is -0.378. The summed E-state index contributed by atoms with van der Waals surface area (Å²) in [6.07, 6.45) is 1.74. The van der Waals surface area contributed by atoms with E-state index < -0.39 is 0 Å². The normalized spacial score (nSPS) is 12.4. The monoisotopic (exact) mass is 297 g/mol. The van der Waals surface area contributed by atoms with Gasteiger partial charge in [-0.25, -0.2) is 4.68 Å². The maximum atomic E-state index is 10.9. The average Bonchev–Trinajstić information content (AvgIpc) is 2.90. The number of quaternary nitrogens is 1. The summed E-state index contributed by atoms with van der Waals surface area (Å²) in [6.45, 7) is 1.52. The summed E-state index contributed by atoms with van der Waals surface area (Å²) in [7, 11) is 2.08. The Bertz CT molecular complexity index is 798. The molecule has 1 aromatic heterocycles. The van der Waals surface area contributed by atoms with Crippen molar-refractivity contribution in [1.82, 2.24) is 9.78 Å². The van der Waals surface area contributed by atoms with E-state index >= 15 is 0 Å². The molecule has 3 rings (SSSR count). The van der Waals surface area contributed by atoms with Crippen LogP contribution >= 0.6 is 0 Å². The van der Waals surface area contributed by atoms with Gasteiger partial charge in [-0.2, -0.15) is 5.10 Å². The Hall–Kier alpha value is -2.73. The molecule has 1 unspecified atom stereocenters. The van der Waals surface area contributed by atoms with E-state index in [9.17, 15) is 10.1 Å². The van der Waals surface area contributed by atoms with Crippen LogP contribution in [-0.2, 0) is 13.2 Å². The van der Waals surface area contributed by atoms with Crippen molar-refractivity contribution in [3.05, 3.63) is 70.4 Å². The molecule has 0 aliphatic heterocycles. The lowest BCUT2D eigenvalue weighted by atomic mass is 10.2. The number of nitrogens with one attached hydrogen (secondary N) is 1. The van der Waals surface area contributed by atoms with Crippen molar-refractivity contribution in [2.75, 3.05) is 7.05 Å². The van der Waals surface area contributed by atoms with E-state index in [-0.39, 0.29) is 10.6 Å². The van der Waals surface area contributed by atoms with Crippen LogP contribution in [0.2, 0.25) is 0 Å². The van der Waals surface area contributed by atoms with Crippen molar-refractivity contribution in [2.24, 2.45) is 0 Å². The number of aromatic nitrogens is 2. The highest BCUT2D eigenvalue weighted by atomic mass is 16.6. The SMILES string of the molecule is C[NH+](Cc1ccccc1)Cn1ncc2ccc([N+](=O)[O-])cc21. The highest BCUT2D eigenvalue weighted by Crippen LogP contribution is 2.19. The van der Waals surface area contributed by atoms with E-state index in [0.29, 0.717) is 6.67 Å². The molecule has 0 fully saturated rings. The van der Waals surface area contributed by atoms with Crippen molar-refractivity contribution in [1.29, 1.82) is 0 Å². The second-order valence-corrected chi connectivity index (χ2v) is 5.42. The number of non-ortho nitro benzene ring substituents is 1. The number of rotatable bonds is 5. The maximum Gasteiger partial charge on any atom is 0.271 e. The Balaban J connectivity index is 1.81. The van der Waals surface area contributed by atoms with Crippen molar-refractivity contribution < 1.29 is 9.82 Å². The number of hydrogen-bond donors (Lipinski definition) is 1. The summed E-state index contributed by atoms with van der Waals surface area (Å²) in [6, 6.07) is 15.1. The van der Waals surface area contributed by atoms with Crippen LogP contribution in [0.1, 0.15) is 5.56 Å². The van der Waals surface area contributed by atoms with Crippen LogP contribution in [-0.4, -0.2) is 21.8 Å². The minimum absolute atomic E-state index is 0.0926. The molecule has 6 nitrogen and oxygen atoms in total. The molecule has 0 amide bonds. The average molecular weight is 297 g/mol. The Morgan fingerprint density at radius 3 is 2.73 bits per heavy atom. The van der Waals surface area contributed by atoms with Gasteiger partial charge in [0.25, 0.3) is 5.69 Å². The maximum absolute atomic E-state index is 10.9. The zero-order valence-corrected chi connectivity index (χ0v) is 12.3. The van der Waals surface area contributed by atoms with Crippen molar-refractivity contribution >= 4 is 16.6 Å². The van der Waals surface area contributed by atoms with Gasteiger partial charge in [0.1, 0.15) is 6.54 Å². The van der Waals surface area contributed by atoms with Crippen molar-refractivity contribution in [3.63, 3.8) is 0 Å². The molecule has 22 heavy (non-hydrogen) atoms. The van der Waals surface area contributed by atoms with Gasteiger partial charge in [0, 0.05) is 23.1 Å². The smallest absolute Gasteiger partial charge is 0.271 e. The van der Waals surface area contributed by atoms with Crippen LogP contribution in [0.4, 0.5) is 5.69 Å². The molecule has 1 atom stereocenters. The van der Waals surface area contributed by atoms with Gasteiger partial charge < -0.3 is 4.90 Å². The molecule has 0 aliphatic rings. The third-order valence-corrected chi connectivity index (χ3v) is 3.61. The number of hydrogen-bond acceptors (Lipinski definition) is 3. The minimum Gasteiger partial charge on any atom is -0.315 e. The molecule has 1 heterocycles. The Labute approximate surface area is 127 Å². The topological polar surface area (TPSA) is 65.4 Å². The Morgan fingerprint density at radius 2 is 2.00 bits per heavy atom. The molecule has 1 N–H and O–H groups in total. The van der Waals surface area contributed by atoms with Crippen LogP contribution in [0.3, 0.4) is 0 Å². The molecule has 0 saturated heterocycles. The third-order valence-electron chi connectivity index (χ3n) is 3.61. The van der Waals surface area contributed by atoms with E-state index in [4.69, 9.17) is 0 Å². The van der Waals surface area contributed by atoms with Crippen molar-refractivity contribution in [2.45, 2.75) is 13.2 Å². The van der Waals surface area contributed by atoms with E-state index in [1.807, 2.05) is 22.9 Å². The number of nitro groups is 1. The second kappa shape index (κ2) is 5.95. The highest BCUT2D eigenvalue weighted by Gasteiger charge is 2.12. The highest BCUT2D eigenvalue weighted by molar-refractivity contribution is 5.80. The first kappa shape index (κ1) is 14.2.